The van der Waals surface area contributed by atoms with Crippen molar-refractivity contribution in [3.05, 3.63) is 52.6 Å². The van der Waals surface area contributed by atoms with Gasteiger partial charge in [-0.3, -0.25) is 4.68 Å². The molecule has 0 bridgehead atoms. The van der Waals surface area contributed by atoms with E-state index in [2.05, 4.69) is 17.3 Å². The minimum Gasteiger partial charge on any atom is -0.392 e. The van der Waals surface area contributed by atoms with Crippen LogP contribution in [-0.4, -0.2) is 14.9 Å². The molecule has 0 aliphatic carbocycles. The van der Waals surface area contributed by atoms with Crippen LogP contribution in [0.3, 0.4) is 0 Å². The molecule has 0 spiro atoms. The third-order valence-corrected chi connectivity index (χ3v) is 3.25. The molecule has 0 saturated carbocycles. The Morgan fingerprint density at radius 1 is 1.30 bits per heavy atom. The molecule has 0 aliphatic heterocycles. The summed E-state index contributed by atoms with van der Waals surface area (Å²) < 4.78 is 15.1. The van der Waals surface area contributed by atoms with E-state index in [1.54, 1.807) is 12.1 Å². The second kappa shape index (κ2) is 6.63. The molecule has 0 amide bonds. The molecule has 0 atom stereocenters. The van der Waals surface area contributed by atoms with Crippen LogP contribution in [0.4, 0.5) is 4.39 Å². The number of aliphatic hydroxyl groups is 1. The number of hydrogen-bond donors (Lipinski definition) is 2. The SMILES string of the molecule is CCc1nn(C)cc1CNCc1ccc(F)c(CO)c1. The number of aliphatic hydroxyl groups excluding tert-OH is 1. The average molecular weight is 277 g/mol. The van der Waals surface area contributed by atoms with Gasteiger partial charge in [-0.2, -0.15) is 5.10 Å². The summed E-state index contributed by atoms with van der Waals surface area (Å²) in [5.41, 5.74) is 3.56. The summed E-state index contributed by atoms with van der Waals surface area (Å²) in [6, 6.07) is 4.81. The van der Waals surface area contributed by atoms with Gasteiger partial charge in [-0.05, 0) is 24.1 Å². The number of benzene rings is 1. The van der Waals surface area contributed by atoms with Crippen LogP contribution in [0.5, 0.6) is 0 Å². The molecule has 1 aromatic carbocycles. The second-order valence-corrected chi connectivity index (χ2v) is 4.82. The Morgan fingerprint density at radius 2 is 2.10 bits per heavy atom. The predicted octanol–water partition coefficient (Wildman–Crippen LogP) is 1.90. The summed E-state index contributed by atoms with van der Waals surface area (Å²) >= 11 is 0. The topological polar surface area (TPSA) is 50.1 Å². The Bertz CT molecular complexity index is 580. The van der Waals surface area contributed by atoms with E-state index in [9.17, 15) is 4.39 Å². The standard InChI is InChI=1S/C15H20FN3O/c1-3-15-13(9-19(2)18-15)8-17-7-11-4-5-14(16)12(6-11)10-20/h4-6,9,17,20H,3,7-8,10H2,1-2H3. The van der Waals surface area contributed by atoms with Gasteiger partial charge in [-0.15, -0.1) is 0 Å². The number of nitrogens with one attached hydrogen (secondary N) is 1. The lowest BCUT2D eigenvalue weighted by Gasteiger charge is -2.07. The van der Waals surface area contributed by atoms with E-state index in [-0.39, 0.29) is 12.4 Å². The summed E-state index contributed by atoms with van der Waals surface area (Å²) in [5, 5.41) is 16.8. The smallest absolute Gasteiger partial charge is 0.128 e. The van der Waals surface area contributed by atoms with Crippen LogP contribution >= 0.6 is 0 Å². The van der Waals surface area contributed by atoms with Crippen molar-refractivity contribution in [2.45, 2.75) is 33.0 Å². The number of halogens is 1. The molecule has 1 aromatic heterocycles. The van der Waals surface area contributed by atoms with Gasteiger partial charge in [0.2, 0.25) is 0 Å². The highest BCUT2D eigenvalue weighted by atomic mass is 19.1. The summed E-state index contributed by atoms with van der Waals surface area (Å²) in [6.07, 6.45) is 2.92. The first-order valence-corrected chi connectivity index (χ1v) is 6.74. The lowest BCUT2D eigenvalue weighted by molar-refractivity contribution is 0.275. The van der Waals surface area contributed by atoms with Gasteiger partial charge in [0.15, 0.2) is 0 Å². The quantitative estimate of drug-likeness (QED) is 0.848. The van der Waals surface area contributed by atoms with Gasteiger partial charge in [0.05, 0.1) is 12.3 Å². The maximum atomic E-state index is 13.3. The molecule has 0 unspecified atom stereocenters. The highest BCUT2D eigenvalue weighted by Gasteiger charge is 2.06. The lowest BCUT2D eigenvalue weighted by atomic mass is 10.1. The van der Waals surface area contributed by atoms with Crippen molar-refractivity contribution in [2.75, 3.05) is 0 Å². The van der Waals surface area contributed by atoms with Gasteiger partial charge in [0.1, 0.15) is 5.82 Å². The molecule has 2 rings (SSSR count). The van der Waals surface area contributed by atoms with Crippen molar-refractivity contribution in [3.8, 4) is 0 Å². The van der Waals surface area contributed by atoms with E-state index in [4.69, 9.17) is 5.11 Å². The molecule has 20 heavy (non-hydrogen) atoms. The molecule has 0 radical (unpaired) electrons. The minimum atomic E-state index is -0.364. The van der Waals surface area contributed by atoms with Crippen LogP contribution in [0.2, 0.25) is 0 Å². The largest absolute Gasteiger partial charge is 0.392 e. The van der Waals surface area contributed by atoms with E-state index in [0.29, 0.717) is 12.1 Å². The van der Waals surface area contributed by atoms with Gasteiger partial charge >= 0.3 is 0 Å². The van der Waals surface area contributed by atoms with Crippen LogP contribution in [0.1, 0.15) is 29.3 Å². The first-order valence-electron chi connectivity index (χ1n) is 6.74. The molecule has 2 aromatic rings. The molecule has 108 valence electrons. The zero-order chi connectivity index (χ0) is 14.5. The molecule has 5 heteroatoms. The number of aromatic nitrogens is 2. The van der Waals surface area contributed by atoms with E-state index in [0.717, 1.165) is 24.2 Å². The maximum absolute atomic E-state index is 13.3. The molecule has 0 fully saturated rings. The normalized spacial score (nSPS) is 11.0. The van der Waals surface area contributed by atoms with Gasteiger partial charge in [0.25, 0.3) is 0 Å². The third kappa shape index (κ3) is 3.43. The highest BCUT2D eigenvalue weighted by molar-refractivity contribution is 5.25. The minimum absolute atomic E-state index is 0.276. The second-order valence-electron chi connectivity index (χ2n) is 4.82. The zero-order valence-corrected chi connectivity index (χ0v) is 11.9. The number of aryl methyl sites for hydroxylation is 2. The fourth-order valence-electron chi connectivity index (χ4n) is 2.23. The van der Waals surface area contributed by atoms with Gasteiger partial charge in [-0.1, -0.05) is 13.0 Å². The Hall–Kier alpha value is -1.72. The predicted molar refractivity (Wildman–Crippen MR) is 75.5 cm³/mol. The van der Waals surface area contributed by atoms with Crippen molar-refractivity contribution in [2.24, 2.45) is 7.05 Å². The van der Waals surface area contributed by atoms with Crippen molar-refractivity contribution in [1.82, 2.24) is 15.1 Å². The fraction of sp³-hybridized carbons (Fsp3) is 0.400. The van der Waals surface area contributed by atoms with Crippen molar-refractivity contribution >= 4 is 0 Å². The van der Waals surface area contributed by atoms with Crippen LogP contribution in [0.25, 0.3) is 0 Å². The Kier molecular flexibility index (Phi) is 4.87. The molecule has 0 aliphatic rings. The van der Waals surface area contributed by atoms with Gasteiger partial charge in [0, 0.05) is 37.5 Å². The number of nitrogens with zero attached hydrogens (tertiary/aromatic N) is 2. The zero-order valence-electron chi connectivity index (χ0n) is 11.9. The van der Waals surface area contributed by atoms with Gasteiger partial charge < -0.3 is 10.4 Å². The number of rotatable bonds is 6. The first kappa shape index (κ1) is 14.7. The summed E-state index contributed by atoms with van der Waals surface area (Å²) in [5.74, 6) is -0.364. The van der Waals surface area contributed by atoms with Crippen molar-refractivity contribution in [1.29, 1.82) is 0 Å². The van der Waals surface area contributed by atoms with Crippen LogP contribution in [0.15, 0.2) is 24.4 Å². The molecule has 1 heterocycles. The van der Waals surface area contributed by atoms with E-state index in [1.807, 2.05) is 17.9 Å². The molecular formula is C15H20FN3O. The van der Waals surface area contributed by atoms with Crippen LogP contribution in [-0.2, 0) is 33.2 Å². The molecule has 4 nitrogen and oxygen atoms in total. The van der Waals surface area contributed by atoms with Crippen LogP contribution < -0.4 is 5.32 Å². The van der Waals surface area contributed by atoms with Gasteiger partial charge in [-0.25, -0.2) is 4.39 Å². The van der Waals surface area contributed by atoms with Crippen LogP contribution in [0, 0.1) is 5.82 Å². The van der Waals surface area contributed by atoms with E-state index in [1.165, 1.54) is 11.6 Å². The third-order valence-electron chi connectivity index (χ3n) is 3.25. The number of hydrogen-bond acceptors (Lipinski definition) is 3. The maximum Gasteiger partial charge on any atom is 0.128 e. The summed E-state index contributed by atoms with van der Waals surface area (Å²) in [6.45, 7) is 3.16. The Labute approximate surface area is 118 Å². The average Bonchev–Trinajstić information content (AvgIpc) is 2.81. The highest BCUT2D eigenvalue weighted by Crippen LogP contribution is 2.11. The first-order chi connectivity index (χ1) is 9.63. The van der Waals surface area contributed by atoms with Crippen molar-refractivity contribution < 1.29 is 9.50 Å². The monoisotopic (exact) mass is 277 g/mol. The molecular weight excluding hydrogens is 257 g/mol. The van der Waals surface area contributed by atoms with E-state index < -0.39 is 0 Å². The molecule has 0 saturated heterocycles. The lowest BCUT2D eigenvalue weighted by Crippen LogP contribution is -2.13. The summed E-state index contributed by atoms with van der Waals surface area (Å²) in [7, 11) is 1.91. The summed E-state index contributed by atoms with van der Waals surface area (Å²) in [4.78, 5) is 0. The fourth-order valence-corrected chi connectivity index (χ4v) is 2.23. The van der Waals surface area contributed by atoms with E-state index >= 15 is 0 Å². The van der Waals surface area contributed by atoms with Crippen molar-refractivity contribution in [3.63, 3.8) is 0 Å². The Balaban J connectivity index is 1.95. The molecule has 2 N–H and O–H groups in total. The Morgan fingerprint density at radius 3 is 2.80 bits per heavy atom.